The number of nitrogen functional groups attached to an aromatic ring is 1. The van der Waals surface area contributed by atoms with E-state index in [0.29, 0.717) is 18.4 Å². The minimum Gasteiger partial charge on any atom is -0.398 e. The monoisotopic (exact) mass is 249 g/mol. The van der Waals surface area contributed by atoms with Crippen LogP contribution in [-0.2, 0) is 4.74 Å². The normalized spacial score (nSPS) is 25.9. The second-order valence-corrected chi connectivity index (χ2v) is 5.36. The van der Waals surface area contributed by atoms with E-state index in [-0.39, 0.29) is 0 Å². The van der Waals surface area contributed by atoms with Gasteiger partial charge in [-0.1, -0.05) is 25.1 Å². The van der Waals surface area contributed by atoms with E-state index in [2.05, 4.69) is 6.92 Å². The highest BCUT2D eigenvalue weighted by molar-refractivity contribution is 5.47. The van der Waals surface area contributed by atoms with Gasteiger partial charge in [-0.3, -0.25) is 0 Å². The lowest BCUT2D eigenvalue weighted by Crippen LogP contribution is -2.23. The molecule has 2 rings (SSSR count). The maximum Gasteiger partial charge on any atom is 0.104 e. The summed E-state index contributed by atoms with van der Waals surface area (Å²) >= 11 is 0. The molecule has 1 fully saturated rings. The van der Waals surface area contributed by atoms with Crippen LogP contribution in [0.3, 0.4) is 0 Å². The Morgan fingerprint density at radius 2 is 1.94 bits per heavy atom. The highest BCUT2D eigenvalue weighted by Gasteiger charge is 2.20. The predicted octanol–water partition coefficient (Wildman–Crippen LogP) is 2.90. The van der Waals surface area contributed by atoms with Gasteiger partial charge in [0.25, 0.3) is 0 Å². The van der Waals surface area contributed by atoms with Crippen molar-refractivity contribution < 1.29 is 9.84 Å². The molecule has 1 atom stereocenters. The largest absolute Gasteiger partial charge is 0.398 e. The lowest BCUT2D eigenvalue weighted by atomic mass is 9.89. The third kappa shape index (κ3) is 3.47. The van der Waals surface area contributed by atoms with Crippen molar-refractivity contribution >= 4 is 5.69 Å². The average Bonchev–Trinajstić information content (AvgIpc) is 2.38. The Hall–Kier alpha value is -1.06. The highest BCUT2D eigenvalue weighted by atomic mass is 16.5. The van der Waals surface area contributed by atoms with Crippen LogP contribution in [0.25, 0.3) is 0 Å². The van der Waals surface area contributed by atoms with Crippen molar-refractivity contribution in [2.45, 2.75) is 44.8 Å². The molecule has 1 aliphatic rings. The van der Waals surface area contributed by atoms with Crippen molar-refractivity contribution in [2.24, 2.45) is 5.92 Å². The number of ether oxygens (including phenoxy) is 1. The van der Waals surface area contributed by atoms with Crippen LogP contribution in [0.15, 0.2) is 24.3 Å². The van der Waals surface area contributed by atoms with Gasteiger partial charge in [0.05, 0.1) is 12.7 Å². The minimum absolute atomic E-state index is 0.306. The van der Waals surface area contributed by atoms with Crippen molar-refractivity contribution in [3.05, 3.63) is 29.8 Å². The molecule has 3 N–H and O–H groups in total. The van der Waals surface area contributed by atoms with Gasteiger partial charge < -0.3 is 15.6 Å². The van der Waals surface area contributed by atoms with Gasteiger partial charge in [0.2, 0.25) is 0 Å². The van der Waals surface area contributed by atoms with Gasteiger partial charge in [0.1, 0.15) is 6.10 Å². The molecule has 1 aromatic carbocycles. The van der Waals surface area contributed by atoms with Crippen LogP contribution in [0.5, 0.6) is 0 Å². The van der Waals surface area contributed by atoms with Crippen molar-refractivity contribution in [3.8, 4) is 0 Å². The Bertz CT molecular complexity index is 373. The van der Waals surface area contributed by atoms with Crippen molar-refractivity contribution in [1.82, 2.24) is 0 Å². The number of aliphatic hydroxyl groups excluding tert-OH is 1. The molecule has 0 heterocycles. The second-order valence-electron chi connectivity index (χ2n) is 5.36. The Morgan fingerprint density at radius 1 is 1.28 bits per heavy atom. The van der Waals surface area contributed by atoms with E-state index in [1.165, 1.54) is 12.8 Å². The third-order valence-corrected chi connectivity index (χ3v) is 3.81. The molecule has 3 nitrogen and oxygen atoms in total. The number of rotatable bonds is 4. The minimum atomic E-state index is -0.620. The summed E-state index contributed by atoms with van der Waals surface area (Å²) in [7, 11) is 0. The predicted molar refractivity (Wildman–Crippen MR) is 73.2 cm³/mol. The van der Waals surface area contributed by atoms with Gasteiger partial charge in [-0.15, -0.1) is 0 Å². The summed E-state index contributed by atoms with van der Waals surface area (Å²) in [6.45, 7) is 2.63. The van der Waals surface area contributed by atoms with E-state index in [9.17, 15) is 5.11 Å². The van der Waals surface area contributed by atoms with Crippen LogP contribution in [0, 0.1) is 5.92 Å². The number of anilines is 1. The number of hydrogen-bond acceptors (Lipinski definition) is 3. The summed E-state index contributed by atoms with van der Waals surface area (Å²) in [5.41, 5.74) is 7.23. The summed E-state index contributed by atoms with van der Waals surface area (Å²) < 4.78 is 5.80. The number of benzene rings is 1. The lowest BCUT2D eigenvalue weighted by Gasteiger charge is -2.27. The molecule has 0 radical (unpaired) electrons. The zero-order valence-corrected chi connectivity index (χ0v) is 11.0. The van der Waals surface area contributed by atoms with Crippen LogP contribution in [0.2, 0.25) is 0 Å². The van der Waals surface area contributed by atoms with Crippen LogP contribution in [0.1, 0.15) is 44.3 Å². The zero-order valence-electron chi connectivity index (χ0n) is 11.0. The molecule has 3 heteroatoms. The molecule has 18 heavy (non-hydrogen) atoms. The van der Waals surface area contributed by atoms with E-state index in [4.69, 9.17) is 10.5 Å². The smallest absolute Gasteiger partial charge is 0.104 e. The van der Waals surface area contributed by atoms with E-state index in [1.807, 2.05) is 18.2 Å². The highest BCUT2D eigenvalue weighted by Crippen LogP contribution is 2.27. The summed E-state index contributed by atoms with van der Waals surface area (Å²) in [6.07, 6.45) is 4.37. The molecule has 0 aliphatic heterocycles. The third-order valence-electron chi connectivity index (χ3n) is 3.81. The van der Waals surface area contributed by atoms with E-state index in [1.54, 1.807) is 6.07 Å². The molecular formula is C15H23NO2. The molecule has 1 aromatic rings. The first kappa shape index (κ1) is 13.4. The lowest BCUT2D eigenvalue weighted by molar-refractivity contribution is -0.0292. The van der Waals surface area contributed by atoms with Gasteiger partial charge in [-0.05, 0) is 37.7 Å². The van der Waals surface area contributed by atoms with Gasteiger partial charge in [-0.2, -0.15) is 0 Å². The first-order valence-corrected chi connectivity index (χ1v) is 6.81. The maximum absolute atomic E-state index is 10.1. The van der Waals surface area contributed by atoms with Gasteiger partial charge >= 0.3 is 0 Å². The molecule has 1 aliphatic carbocycles. The Morgan fingerprint density at radius 3 is 2.61 bits per heavy atom. The molecule has 0 amide bonds. The molecule has 0 bridgehead atoms. The molecule has 0 spiro atoms. The van der Waals surface area contributed by atoms with Crippen molar-refractivity contribution in [1.29, 1.82) is 0 Å². The second kappa shape index (κ2) is 6.21. The molecule has 100 valence electrons. The van der Waals surface area contributed by atoms with Crippen molar-refractivity contribution in [3.63, 3.8) is 0 Å². The molecule has 1 saturated carbocycles. The number of para-hydroxylation sites is 1. The fourth-order valence-electron chi connectivity index (χ4n) is 2.53. The van der Waals surface area contributed by atoms with Crippen LogP contribution >= 0.6 is 0 Å². The zero-order chi connectivity index (χ0) is 13.0. The summed E-state index contributed by atoms with van der Waals surface area (Å²) in [5.74, 6) is 0.819. The van der Waals surface area contributed by atoms with Crippen LogP contribution < -0.4 is 5.73 Å². The first-order chi connectivity index (χ1) is 8.66. The van der Waals surface area contributed by atoms with E-state index < -0.39 is 6.10 Å². The number of nitrogens with two attached hydrogens (primary N) is 1. The molecular weight excluding hydrogens is 226 g/mol. The standard InChI is InChI=1S/C15H23NO2/c1-11-6-8-12(9-7-11)18-10-15(17)13-4-2-3-5-14(13)16/h2-5,11-12,15,17H,6-10,16H2,1H3. The fraction of sp³-hybridized carbons (Fsp3) is 0.600. The number of aliphatic hydroxyl groups is 1. The fourth-order valence-corrected chi connectivity index (χ4v) is 2.53. The Labute approximate surface area is 109 Å². The summed E-state index contributed by atoms with van der Waals surface area (Å²) in [6, 6.07) is 7.42. The van der Waals surface area contributed by atoms with Gasteiger partial charge in [0.15, 0.2) is 0 Å². The molecule has 0 saturated heterocycles. The SMILES string of the molecule is CC1CCC(OCC(O)c2ccccc2N)CC1. The Kier molecular flexibility index (Phi) is 4.61. The average molecular weight is 249 g/mol. The Balaban J connectivity index is 1.81. The van der Waals surface area contributed by atoms with E-state index in [0.717, 1.165) is 24.3 Å². The van der Waals surface area contributed by atoms with Gasteiger partial charge in [0, 0.05) is 11.3 Å². The summed E-state index contributed by atoms with van der Waals surface area (Å²) in [5, 5.41) is 10.1. The number of hydrogen-bond donors (Lipinski definition) is 2. The maximum atomic E-state index is 10.1. The quantitative estimate of drug-likeness (QED) is 0.807. The topological polar surface area (TPSA) is 55.5 Å². The van der Waals surface area contributed by atoms with Crippen LogP contribution in [-0.4, -0.2) is 17.8 Å². The van der Waals surface area contributed by atoms with Crippen molar-refractivity contribution in [2.75, 3.05) is 12.3 Å². The van der Waals surface area contributed by atoms with Gasteiger partial charge in [-0.25, -0.2) is 0 Å². The van der Waals surface area contributed by atoms with Crippen LogP contribution in [0.4, 0.5) is 5.69 Å². The molecule has 0 aromatic heterocycles. The molecule has 1 unspecified atom stereocenters. The first-order valence-electron chi connectivity index (χ1n) is 6.81. The van der Waals surface area contributed by atoms with E-state index >= 15 is 0 Å². The summed E-state index contributed by atoms with van der Waals surface area (Å²) in [4.78, 5) is 0.